The summed E-state index contributed by atoms with van der Waals surface area (Å²) < 4.78 is 12.7. The summed E-state index contributed by atoms with van der Waals surface area (Å²) in [4.78, 5) is 31.0. The predicted molar refractivity (Wildman–Crippen MR) is 107 cm³/mol. The van der Waals surface area contributed by atoms with Gasteiger partial charge in [-0.25, -0.2) is 9.78 Å². The number of amides is 1. The van der Waals surface area contributed by atoms with Crippen LogP contribution in [0.25, 0.3) is 0 Å². The molecule has 2 N–H and O–H groups in total. The minimum absolute atomic E-state index is 0.0259. The number of imidazole rings is 1. The zero-order valence-corrected chi connectivity index (χ0v) is 16.7. The molecule has 2 aromatic rings. The van der Waals surface area contributed by atoms with E-state index in [1.807, 2.05) is 40.7 Å². The summed E-state index contributed by atoms with van der Waals surface area (Å²) in [6, 6.07) is 7.91. The number of benzene rings is 1. The number of fused-ring (bicyclic) bond motifs is 1. The zero-order chi connectivity index (χ0) is 20.5. The van der Waals surface area contributed by atoms with Gasteiger partial charge >= 0.3 is 5.97 Å². The maximum absolute atomic E-state index is 13.1. The SMILES string of the molecule is CCOC(=O)c1ncn(C2CCN(C(=O)[C@@H]3Oc4ccccc4[C@H]3C)CC2)c1N. The molecule has 8 heteroatoms. The van der Waals surface area contributed by atoms with Gasteiger partial charge in [0.05, 0.1) is 12.9 Å². The molecule has 0 unspecified atom stereocenters. The van der Waals surface area contributed by atoms with Crippen molar-refractivity contribution in [2.24, 2.45) is 0 Å². The summed E-state index contributed by atoms with van der Waals surface area (Å²) in [5.74, 6) is 0.663. The Labute approximate surface area is 169 Å². The first-order chi connectivity index (χ1) is 14.0. The molecular weight excluding hydrogens is 372 g/mol. The molecule has 0 bridgehead atoms. The number of para-hydroxylation sites is 1. The molecule has 3 heterocycles. The Bertz CT molecular complexity index is 917. The van der Waals surface area contributed by atoms with Gasteiger partial charge in [0.25, 0.3) is 5.91 Å². The van der Waals surface area contributed by atoms with E-state index in [0.29, 0.717) is 18.9 Å². The lowest BCUT2D eigenvalue weighted by molar-refractivity contribution is -0.140. The second-order valence-corrected chi connectivity index (χ2v) is 7.53. The van der Waals surface area contributed by atoms with Gasteiger partial charge in [-0.3, -0.25) is 4.79 Å². The lowest BCUT2D eigenvalue weighted by atomic mass is 9.96. The quantitative estimate of drug-likeness (QED) is 0.794. The fourth-order valence-corrected chi connectivity index (χ4v) is 4.19. The number of carbonyl (C=O) groups is 2. The smallest absolute Gasteiger partial charge is 0.360 e. The first-order valence-electron chi connectivity index (χ1n) is 10.0. The molecule has 29 heavy (non-hydrogen) atoms. The Balaban J connectivity index is 1.39. The van der Waals surface area contributed by atoms with Crippen LogP contribution >= 0.6 is 0 Å². The van der Waals surface area contributed by atoms with E-state index in [9.17, 15) is 9.59 Å². The topological polar surface area (TPSA) is 99.7 Å². The van der Waals surface area contributed by atoms with Gasteiger partial charge in [0, 0.05) is 30.6 Å². The number of ether oxygens (including phenoxy) is 2. The highest BCUT2D eigenvalue weighted by molar-refractivity contribution is 5.92. The third-order valence-electron chi connectivity index (χ3n) is 5.83. The summed E-state index contributed by atoms with van der Waals surface area (Å²) in [6.07, 6.45) is 2.59. The lowest BCUT2D eigenvalue weighted by Gasteiger charge is -2.34. The van der Waals surface area contributed by atoms with E-state index in [1.54, 1.807) is 13.3 Å². The van der Waals surface area contributed by atoms with Crippen molar-refractivity contribution in [3.8, 4) is 5.75 Å². The minimum Gasteiger partial charge on any atom is -0.480 e. The molecule has 0 spiro atoms. The van der Waals surface area contributed by atoms with Gasteiger partial charge in [-0.1, -0.05) is 25.1 Å². The highest BCUT2D eigenvalue weighted by Gasteiger charge is 2.39. The minimum atomic E-state index is -0.511. The molecule has 4 rings (SSSR count). The maximum atomic E-state index is 13.1. The summed E-state index contributed by atoms with van der Waals surface area (Å²) >= 11 is 0. The summed E-state index contributed by atoms with van der Waals surface area (Å²) in [6.45, 7) is 5.27. The average Bonchev–Trinajstić information content (AvgIpc) is 3.28. The van der Waals surface area contributed by atoms with Crippen molar-refractivity contribution in [1.29, 1.82) is 0 Å². The number of anilines is 1. The number of piperidine rings is 1. The first kappa shape index (κ1) is 19.3. The van der Waals surface area contributed by atoms with Crippen molar-refractivity contribution in [3.63, 3.8) is 0 Å². The number of nitrogen functional groups attached to an aromatic ring is 1. The first-order valence-corrected chi connectivity index (χ1v) is 10.0. The molecule has 1 amide bonds. The number of aromatic nitrogens is 2. The largest absolute Gasteiger partial charge is 0.480 e. The van der Waals surface area contributed by atoms with Crippen LogP contribution in [0.1, 0.15) is 54.7 Å². The third kappa shape index (κ3) is 3.43. The van der Waals surface area contributed by atoms with E-state index in [1.165, 1.54) is 0 Å². The number of nitrogens with two attached hydrogens (primary N) is 1. The van der Waals surface area contributed by atoms with Crippen molar-refractivity contribution < 1.29 is 19.1 Å². The van der Waals surface area contributed by atoms with E-state index >= 15 is 0 Å². The molecule has 2 aliphatic heterocycles. The Morgan fingerprint density at radius 2 is 2.00 bits per heavy atom. The van der Waals surface area contributed by atoms with Crippen LogP contribution in [0.2, 0.25) is 0 Å². The highest BCUT2D eigenvalue weighted by atomic mass is 16.5. The predicted octanol–water partition coefficient (Wildman–Crippen LogP) is 2.37. The number of likely N-dealkylation sites (tertiary alicyclic amines) is 1. The fraction of sp³-hybridized carbons (Fsp3) is 0.476. The van der Waals surface area contributed by atoms with Crippen LogP contribution in [0.15, 0.2) is 30.6 Å². The lowest BCUT2D eigenvalue weighted by Crippen LogP contribution is -2.46. The molecule has 2 atom stereocenters. The van der Waals surface area contributed by atoms with E-state index < -0.39 is 12.1 Å². The van der Waals surface area contributed by atoms with Gasteiger partial charge in [0.1, 0.15) is 11.6 Å². The Kier molecular flexibility index (Phi) is 5.17. The van der Waals surface area contributed by atoms with E-state index in [4.69, 9.17) is 15.2 Å². The molecule has 1 fully saturated rings. The number of nitrogens with zero attached hydrogens (tertiary/aromatic N) is 3. The molecule has 154 valence electrons. The summed E-state index contributed by atoms with van der Waals surface area (Å²) in [7, 11) is 0. The zero-order valence-electron chi connectivity index (χ0n) is 16.7. The van der Waals surface area contributed by atoms with Crippen LogP contribution in [0.5, 0.6) is 5.75 Å². The molecule has 1 aromatic carbocycles. The van der Waals surface area contributed by atoms with Crippen molar-refractivity contribution >= 4 is 17.7 Å². The molecular formula is C21H26N4O4. The van der Waals surface area contributed by atoms with Crippen molar-refractivity contribution in [2.45, 2.75) is 44.8 Å². The standard InChI is InChI=1S/C21H26N4O4/c1-3-28-21(27)17-19(22)25(12-23-17)14-8-10-24(11-9-14)20(26)18-13(2)15-6-4-5-7-16(15)29-18/h4-7,12-14,18H,3,8-11,22H2,1-2H3/t13-,18-/m1/s1. The van der Waals surface area contributed by atoms with Gasteiger partial charge in [-0.15, -0.1) is 0 Å². The van der Waals surface area contributed by atoms with Crippen LogP contribution in [-0.4, -0.2) is 52.1 Å². The average molecular weight is 398 g/mol. The second kappa shape index (κ2) is 7.77. The van der Waals surface area contributed by atoms with Gasteiger partial charge in [-0.2, -0.15) is 0 Å². The Morgan fingerprint density at radius 3 is 2.69 bits per heavy atom. The number of carbonyl (C=O) groups excluding carboxylic acids is 2. The van der Waals surface area contributed by atoms with Gasteiger partial charge in [-0.05, 0) is 25.8 Å². The van der Waals surface area contributed by atoms with Crippen LogP contribution in [-0.2, 0) is 9.53 Å². The molecule has 1 saturated heterocycles. The van der Waals surface area contributed by atoms with Crippen LogP contribution in [0.4, 0.5) is 5.82 Å². The van der Waals surface area contributed by atoms with E-state index in [2.05, 4.69) is 4.98 Å². The van der Waals surface area contributed by atoms with Crippen molar-refractivity contribution in [1.82, 2.24) is 14.5 Å². The molecule has 0 aliphatic carbocycles. The number of esters is 1. The van der Waals surface area contributed by atoms with E-state index in [0.717, 1.165) is 24.2 Å². The van der Waals surface area contributed by atoms with Crippen molar-refractivity contribution in [2.75, 3.05) is 25.4 Å². The van der Waals surface area contributed by atoms with Gasteiger partial charge < -0.3 is 24.7 Å². The number of hydrogen-bond donors (Lipinski definition) is 1. The molecule has 0 saturated carbocycles. The molecule has 0 radical (unpaired) electrons. The summed E-state index contributed by atoms with van der Waals surface area (Å²) in [5, 5.41) is 0. The fourth-order valence-electron chi connectivity index (χ4n) is 4.19. The highest BCUT2D eigenvalue weighted by Crippen LogP contribution is 2.39. The van der Waals surface area contributed by atoms with Gasteiger partial charge in [0.2, 0.25) is 0 Å². The normalized spacial score (nSPS) is 21.5. The third-order valence-corrected chi connectivity index (χ3v) is 5.83. The van der Waals surface area contributed by atoms with Crippen LogP contribution in [0.3, 0.4) is 0 Å². The monoisotopic (exact) mass is 398 g/mol. The Morgan fingerprint density at radius 1 is 1.28 bits per heavy atom. The van der Waals surface area contributed by atoms with Crippen LogP contribution < -0.4 is 10.5 Å². The molecule has 2 aliphatic rings. The second-order valence-electron chi connectivity index (χ2n) is 7.53. The van der Waals surface area contributed by atoms with Gasteiger partial charge in [0.15, 0.2) is 11.8 Å². The van der Waals surface area contributed by atoms with E-state index in [-0.39, 0.29) is 30.2 Å². The maximum Gasteiger partial charge on any atom is 0.360 e. The van der Waals surface area contributed by atoms with Crippen LogP contribution in [0, 0.1) is 0 Å². The number of rotatable bonds is 4. The summed E-state index contributed by atoms with van der Waals surface area (Å²) in [5.41, 5.74) is 7.36. The number of hydrogen-bond acceptors (Lipinski definition) is 6. The molecule has 1 aromatic heterocycles. The van der Waals surface area contributed by atoms with Crippen molar-refractivity contribution in [3.05, 3.63) is 41.9 Å². The Hall–Kier alpha value is -3.03. The molecule has 8 nitrogen and oxygen atoms in total.